The monoisotopic (exact) mass is 509 g/mol. The van der Waals surface area contributed by atoms with Crippen LogP contribution < -0.4 is 9.47 Å². The van der Waals surface area contributed by atoms with Gasteiger partial charge < -0.3 is 14.4 Å². The smallest absolute Gasteiger partial charge is 0.234 e. The van der Waals surface area contributed by atoms with Gasteiger partial charge >= 0.3 is 0 Å². The first kappa shape index (κ1) is 26.1. The van der Waals surface area contributed by atoms with E-state index in [1.807, 2.05) is 48.5 Å². The van der Waals surface area contributed by atoms with Crippen molar-refractivity contribution >= 4 is 5.91 Å². The van der Waals surface area contributed by atoms with Crippen molar-refractivity contribution in [3.63, 3.8) is 0 Å². The third kappa shape index (κ3) is 5.09. The molecule has 0 N–H and O–H groups in total. The van der Waals surface area contributed by atoms with Crippen LogP contribution in [0, 0.1) is 17.3 Å². The Balaban J connectivity index is 1.46. The quantitative estimate of drug-likeness (QED) is 0.279. The standard InChI is InChI=1S/C34H39NO3/c1-34(2)28-17-16-27(29(34)22-28)23-35(20-19-24-15-18-30(37-3)31(21-24)38-4)33(36)32(25-11-7-5-8-12-25)26-13-9-6-10-14-26/h5-16,18,21,28-29,32H,17,19-20,22-23H2,1-4H3. The van der Waals surface area contributed by atoms with Gasteiger partial charge in [0.1, 0.15) is 0 Å². The van der Waals surface area contributed by atoms with Gasteiger partial charge in [-0.1, -0.05) is 92.2 Å². The molecule has 0 spiro atoms. The molecule has 0 aliphatic heterocycles. The lowest BCUT2D eigenvalue weighted by Gasteiger charge is -2.57. The minimum Gasteiger partial charge on any atom is -0.493 e. The van der Waals surface area contributed by atoms with Gasteiger partial charge in [-0.3, -0.25) is 4.79 Å². The normalized spacial score (nSPS) is 19.3. The molecule has 1 saturated carbocycles. The minimum atomic E-state index is -0.339. The van der Waals surface area contributed by atoms with Crippen molar-refractivity contribution in [1.82, 2.24) is 4.90 Å². The van der Waals surface area contributed by atoms with Gasteiger partial charge in [0.15, 0.2) is 11.5 Å². The average molecular weight is 510 g/mol. The lowest BCUT2D eigenvalue weighted by molar-refractivity contribution is -0.132. The summed E-state index contributed by atoms with van der Waals surface area (Å²) >= 11 is 0. The Morgan fingerprint density at radius 2 is 1.55 bits per heavy atom. The van der Waals surface area contributed by atoms with Crippen LogP contribution in [0.25, 0.3) is 0 Å². The Morgan fingerprint density at radius 3 is 2.11 bits per heavy atom. The highest BCUT2D eigenvalue weighted by molar-refractivity contribution is 5.87. The first-order valence-corrected chi connectivity index (χ1v) is 13.7. The van der Waals surface area contributed by atoms with Crippen molar-refractivity contribution in [1.29, 1.82) is 0 Å². The molecular formula is C34H39NO3. The van der Waals surface area contributed by atoms with Gasteiger partial charge in [-0.2, -0.15) is 0 Å². The van der Waals surface area contributed by atoms with Crippen molar-refractivity contribution in [2.45, 2.75) is 39.0 Å². The van der Waals surface area contributed by atoms with Crippen molar-refractivity contribution in [2.75, 3.05) is 27.3 Å². The highest BCUT2D eigenvalue weighted by atomic mass is 16.5. The van der Waals surface area contributed by atoms with Gasteiger partial charge in [0.05, 0.1) is 20.1 Å². The maximum absolute atomic E-state index is 14.5. The fourth-order valence-electron chi connectivity index (χ4n) is 6.39. The Morgan fingerprint density at radius 1 is 0.921 bits per heavy atom. The summed E-state index contributed by atoms with van der Waals surface area (Å²) in [5, 5.41) is 0. The fraction of sp³-hybridized carbons (Fsp3) is 0.382. The summed E-state index contributed by atoms with van der Waals surface area (Å²) in [5.41, 5.74) is 4.93. The molecule has 2 atom stereocenters. The molecule has 4 heteroatoms. The third-order valence-electron chi connectivity index (χ3n) is 8.90. The molecule has 3 aliphatic carbocycles. The highest BCUT2D eigenvalue weighted by Gasteiger charge is 2.51. The first-order valence-electron chi connectivity index (χ1n) is 13.7. The van der Waals surface area contributed by atoms with E-state index in [0.717, 1.165) is 35.4 Å². The second kappa shape index (κ2) is 11.1. The maximum Gasteiger partial charge on any atom is 0.234 e. The van der Waals surface area contributed by atoms with Crippen LogP contribution in [0.15, 0.2) is 90.5 Å². The molecule has 2 bridgehead atoms. The molecule has 3 aliphatic rings. The second-order valence-electron chi connectivity index (χ2n) is 11.3. The number of rotatable bonds is 10. The Hall–Kier alpha value is -3.53. The van der Waals surface area contributed by atoms with E-state index >= 15 is 0 Å². The van der Waals surface area contributed by atoms with E-state index in [4.69, 9.17) is 9.47 Å². The predicted molar refractivity (Wildman–Crippen MR) is 153 cm³/mol. The van der Waals surface area contributed by atoms with E-state index in [2.05, 4.69) is 55.2 Å². The van der Waals surface area contributed by atoms with E-state index in [9.17, 15) is 4.79 Å². The van der Waals surface area contributed by atoms with Gasteiger partial charge in [0.2, 0.25) is 5.91 Å². The molecule has 0 radical (unpaired) electrons. The SMILES string of the molecule is COc1ccc(CCN(CC2=CCC3CC2C3(C)C)C(=O)C(c2ccccc2)c2ccccc2)cc1OC. The number of carbonyl (C=O) groups excluding carboxylic acids is 1. The lowest BCUT2D eigenvalue weighted by Crippen LogP contribution is -2.50. The van der Waals surface area contributed by atoms with Crippen LogP contribution in [0.4, 0.5) is 0 Å². The number of benzene rings is 3. The van der Waals surface area contributed by atoms with Gasteiger partial charge in [-0.05, 0) is 65.3 Å². The van der Waals surface area contributed by atoms with Crippen LogP contribution in [-0.4, -0.2) is 38.1 Å². The summed E-state index contributed by atoms with van der Waals surface area (Å²) in [6, 6.07) is 26.4. The minimum absolute atomic E-state index is 0.156. The molecular weight excluding hydrogens is 470 g/mol. The number of amides is 1. The summed E-state index contributed by atoms with van der Waals surface area (Å²) in [7, 11) is 3.31. The molecule has 1 fully saturated rings. The molecule has 2 unspecified atom stereocenters. The lowest BCUT2D eigenvalue weighted by atomic mass is 9.49. The number of allylic oxidation sites excluding steroid dienone is 1. The first-order chi connectivity index (χ1) is 18.4. The molecule has 0 heterocycles. The van der Waals surface area contributed by atoms with Gasteiger partial charge in [0.25, 0.3) is 0 Å². The summed E-state index contributed by atoms with van der Waals surface area (Å²) in [5.74, 6) is 2.58. The van der Waals surface area contributed by atoms with Gasteiger partial charge in [-0.15, -0.1) is 0 Å². The topological polar surface area (TPSA) is 38.8 Å². The Kier molecular flexibility index (Phi) is 7.60. The van der Waals surface area contributed by atoms with Crippen LogP contribution in [-0.2, 0) is 11.2 Å². The molecule has 1 amide bonds. The zero-order valence-electron chi connectivity index (χ0n) is 23.0. The summed E-state index contributed by atoms with van der Waals surface area (Å²) in [6.07, 6.45) is 5.53. The summed E-state index contributed by atoms with van der Waals surface area (Å²) < 4.78 is 11.0. The highest BCUT2D eigenvalue weighted by Crippen LogP contribution is 2.59. The van der Waals surface area contributed by atoms with Crippen LogP contribution in [0.2, 0.25) is 0 Å². The molecule has 3 aromatic carbocycles. The molecule has 38 heavy (non-hydrogen) atoms. The number of hydrogen-bond donors (Lipinski definition) is 0. The van der Waals surface area contributed by atoms with Crippen LogP contribution in [0.1, 0.15) is 49.3 Å². The zero-order chi connectivity index (χ0) is 26.7. The number of nitrogens with zero attached hydrogens (tertiary/aromatic N) is 1. The molecule has 0 saturated heterocycles. The van der Waals surface area contributed by atoms with E-state index in [1.165, 1.54) is 12.0 Å². The van der Waals surface area contributed by atoms with Gasteiger partial charge in [0, 0.05) is 13.1 Å². The zero-order valence-corrected chi connectivity index (χ0v) is 23.0. The van der Waals surface area contributed by atoms with Gasteiger partial charge in [-0.25, -0.2) is 0 Å². The van der Waals surface area contributed by atoms with Crippen LogP contribution >= 0.6 is 0 Å². The van der Waals surface area contributed by atoms with Crippen LogP contribution in [0.3, 0.4) is 0 Å². The molecule has 3 aromatic rings. The van der Waals surface area contributed by atoms with E-state index in [-0.39, 0.29) is 11.8 Å². The molecule has 6 rings (SSSR count). The van der Waals surface area contributed by atoms with Crippen LogP contribution in [0.5, 0.6) is 11.5 Å². The summed E-state index contributed by atoms with van der Waals surface area (Å²) in [4.78, 5) is 16.6. The number of carbonyl (C=O) groups is 1. The fourth-order valence-corrected chi connectivity index (χ4v) is 6.39. The Bertz CT molecular complexity index is 1240. The number of ether oxygens (including phenoxy) is 2. The third-order valence-corrected chi connectivity index (χ3v) is 8.90. The number of hydrogen-bond acceptors (Lipinski definition) is 3. The molecule has 0 aromatic heterocycles. The van der Waals surface area contributed by atoms with E-state index < -0.39 is 0 Å². The second-order valence-corrected chi connectivity index (χ2v) is 11.3. The van der Waals surface area contributed by atoms with Crippen molar-refractivity contribution in [2.24, 2.45) is 17.3 Å². The van der Waals surface area contributed by atoms with E-state index in [0.29, 0.717) is 35.9 Å². The number of methoxy groups -OCH3 is 2. The average Bonchev–Trinajstić information content (AvgIpc) is 2.96. The largest absolute Gasteiger partial charge is 0.493 e. The molecule has 198 valence electrons. The van der Waals surface area contributed by atoms with Crippen molar-refractivity contribution in [3.05, 3.63) is 107 Å². The van der Waals surface area contributed by atoms with E-state index in [1.54, 1.807) is 14.2 Å². The van der Waals surface area contributed by atoms with Crippen molar-refractivity contribution in [3.8, 4) is 11.5 Å². The maximum atomic E-state index is 14.5. The summed E-state index contributed by atoms with van der Waals surface area (Å²) in [6.45, 7) is 6.11. The predicted octanol–water partition coefficient (Wildman–Crippen LogP) is 6.90. The molecule has 4 nitrogen and oxygen atoms in total. The number of fused-ring (bicyclic) bond motifs is 1. The van der Waals surface area contributed by atoms with Crippen molar-refractivity contribution < 1.29 is 14.3 Å². The Labute approximate surface area is 227 Å².